The van der Waals surface area contributed by atoms with Crippen LogP contribution in [0.25, 0.3) is 10.8 Å². The summed E-state index contributed by atoms with van der Waals surface area (Å²) in [6.45, 7) is 7.18. The van der Waals surface area contributed by atoms with Crippen molar-refractivity contribution in [3.63, 3.8) is 0 Å². The maximum Gasteiger partial charge on any atom is 0.274 e. The smallest absolute Gasteiger partial charge is 0.274 e. The van der Waals surface area contributed by atoms with E-state index in [0.29, 0.717) is 22.0 Å². The molecule has 0 radical (unpaired) electrons. The lowest BCUT2D eigenvalue weighted by Gasteiger charge is -2.36. The third kappa shape index (κ3) is 4.96. The third-order valence-electron chi connectivity index (χ3n) is 6.76. The van der Waals surface area contributed by atoms with Gasteiger partial charge in [0.2, 0.25) is 0 Å². The molecule has 0 saturated carbocycles. The molecule has 5 rings (SSSR count). The van der Waals surface area contributed by atoms with Gasteiger partial charge in [-0.05, 0) is 43.7 Å². The average Bonchev–Trinajstić information content (AvgIpc) is 3.42. The van der Waals surface area contributed by atoms with E-state index in [1.807, 2.05) is 54.6 Å². The van der Waals surface area contributed by atoms with Crippen molar-refractivity contribution in [1.82, 2.24) is 14.7 Å². The van der Waals surface area contributed by atoms with Gasteiger partial charge in [0.15, 0.2) is 0 Å². The lowest BCUT2D eigenvalue weighted by Crippen LogP contribution is -2.47. The molecule has 1 aliphatic heterocycles. The first-order chi connectivity index (χ1) is 17.0. The highest BCUT2D eigenvalue weighted by atomic mass is 35.5. The van der Waals surface area contributed by atoms with Crippen molar-refractivity contribution in [2.24, 2.45) is 0 Å². The number of aryl methyl sites for hydroxylation is 1. The zero-order chi connectivity index (χ0) is 24.4. The highest BCUT2D eigenvalue weighted by molar-refractivity contribution is 6.43. The molecule has 0 spiro atoms. The van der Waals surface area contributed by atoms with Gasteiger partial charge in [-0.1, -0.05) is 47.5 Å². The van der Waals surface area contributed by atoms with Crippen molar-refractivity contribution in [1.29, 1.82) is 0 Å². The Kier molecular flexibility index (Phi) is 7.14. The fourth-order valence-corrected chi connectivity index (χ4v) is 5.21. The van der Waals surface area contributed by atoms with Crippen LogP contribution in [0.1, 0.15) is 30.7 Å². The third-order valence-corrected chi connectivity index (χ3v) is 7.57. The van der Waals surface area contributed by atoms with Crippen molar-refractivity contribution >= 4 is 39.7 Å². The summed E-state index contributed by atoms with van der Waals surface area (Å²) in [4.78, 5) is 17.9. The van der Waals surface area contributed by atoms with Crippen LogP contribution in [0.15, 0.2) is 70.1 Å². The van der Waals surface area contributed by atoms with Crippen molar-refractivity contribution in [2.75, 3.05) is 37.6 Å². The number of piperazine rings is 1. The zero-order valence-electron chi connectivity index (χ0n) is 19.7. The number of benzene rings is 2. The maximum absolute atomic E-state index is 13.2. The normalized spacial score (nSPS) is 15.6. The van der Waals surface area contributed by atoms with E-state index in [-0.39, 0.29) is 11.5 Å². The van der Waals surface area contributed by atoms with E-state index in [4.69, 9.17) is 32.7 Å². The number of hydrogen-bond acceptors (Lipinski definition) is 5. The monoisotopic (exact) mass is 510 g/mol. The number of hydrogen-bond donors (Lipinski definition) is 0. The maximum atomic E-state index is 13.2. The second-order valence-electron chi connectivity index (χ2n) is 8.95. The summed E-state index contributed by atoms with van der Waals surface area (Å²) in [7, 11) is 0. The fourth-order valence-electron chi connectivity index (χ4n) is 4.80. The minimum absolute atomic E-state index is 0.0450. The van der Waals surface area contributed by atoms with Gasteiger partial charge in [0.05, 0.1) is 39.0 Å². The van der Waals surface area contributed by atoms with Crippen LogP contribution in [0.2, 0.25) is 10.0 Å². The lowest BCUT2D eigenvalue weighted by molar-refractivity contribution is 0.248. The molecule has 4 aromatic rings. The first-order valence-electron chi connectivity index (χ1n) is 12.0. The van der Waals surface area contributed by atoms with Crippen LogP contribution in [0.3, 0.4) is 0 Å². The van der Waals surface area contributed by atoms with Crippen molar-refractivity contribution in [2.45, 2.75) is 25.8 Å². The highest BCUT2D eigenvalue weighted by Gasteiger charge is 2.21. The van der Waals surface area contributed by atoms with Crippen molar-refractivity contribution in [3.05, 3.63) is 92.7 Å². The van der Waals surface area contributed by atoms with Gasteiger partial charge in [0.1, 0.15) is 5.76 Å². The van der Waals surface area contributed by atoms with E-state index < -0.39 is 0 Å². The molecule has 0 amide bonds. The molecule has 8 heteroatoms. The first kappa shape index (κ1) is 23.9. The Balaban J connectivity index is 1.26. The molecule has 35 heavy (non-hydrogen) atoms. The largest absolute Gasteiger partial charge is 0.469 e. The van der Waals surface area contributed by atoms with E-state index in [9.17, 15) is 4.79 Å². The molecule has 1 saturated heterocycles. The Morgan fingerprint density at radius 2 is 1.71 bits per heavy atom. The molecule has 182 valence electrons. The van der Waals surface area contributed by atoms with E-state index in [1.165, 1.54) is 0 Å². The van der Waals surface area contributed by atoms with Gasteiger partial charge in [-0.15, -0.1) is 0 Å². The Labute approximate surface area is 214 Å². The summed E-state index contributed by atoms with van der Waals surface area (Å²) in [6.07, 6.45) is 2.52. The van der Waals surface area contributed by atoms with Crippen LogP contribution >= 0.6 is 23.2 Å². The summed E-state index contributed by atoms with van der Waals surface area (Å²) < 4.78 is 7.25. The van der Waals surface area contributed by atoms with Crippen LogP contribution in [0, 0.1) is 0 Å². The van der Waals surface area contributed by atoms with Crippen molar-refractivity contribution in [3.8, 4) is 0 Å². The Bertz CT molecular complexity index is 1360. The molecule has 0 N–H and O–H groups in total. The van der Waals surface area contributed by atoms with E-state index >= 15 is 0 Å². The van der Waals surface area contributed by atoms with Crippen LogP contribution in [-0.4, -0.2) is 47.4 Å². The fraction of sp³-hybridized carbons (Fsp3) is 0.333. The lowest BCUT2D eigenvalue weighted by atomic mass is 9.99. The van der Waals surface area contributed by atoms with Gasteiger partial charge in [-0.3, -0.25) is 9.69 Å². The number of rotatable bonds is 7. The Morgan fingerprint density at radius 3 is 2.46 bits per heavy atom. The molecular weight excluding hydrogens is 483 g/mol. The molecule has 2 aromatic carbocycles. The summed E-state index contributed by atoms with van der Waals surface area (Å²) in [6, 6.07) is 17.3. The van der Waals surface area contributed by atoms with Crippen LogP contribution in [0.4, 0.5) is 5.69 Å². The summed E-state index contributed by atoms with van der Waals surface area (Å²) in [5, 5.41) is 7.58. The van der Waals surface area contributed by atoms with Gasteiger partial charge in [-0.2, -0.15) is 5.10 Å². The van der Waals surface area contributed by atoms with Crippen LogP contribution < -0.4 is 10.5 Å². The molecular formula is C27H28Cl2N4O2. The standard InChI is InChI=1S/C27H28Cl2N4O2/c1-19(24-11-5-18-35-24)26-20-7-2-3-8-21(20)27(34)33(30-26)13-6-12-31-14-16-32(17-15-31)23-10-4-9-22(28)25(23)29/h2-5,7-11,18-19H,6,12-17H2,1H3. The van der Waals surface area contributed by atoms with E-state index in [1.54, 1.807) is 10.9 Å². The van der Waals surface area contributed by atoms with Gasteiger partial charge < -0.3 is 9.32 Å². The van der Waals surface area contributed by atoms with Gasteiger partial charge in [-0.25, -0.2) is 4.68 Å². The molecule has 3 heterocycles. The topological polar surface area (TPSA) is 54.5 Å². The molecule has 1 fully saturated rings. The molecule has 6 nitrogen and oxygen atoms in total. The zero-order valence-corrected chi connectivity index (χ0v) is 21.2. The summed E-state index contributed by atoms with van der Waals surface area (Å²) in [5.74, 6) is 0.790. The predicted molar refractivity (Wildman–Crippen MR) is 142 cm³/mol. The molecule has 0 bridgehead atoms. The predicted octanol–water partition coefficient (Wildman–Crippen LogP) is 5.66. The highest BCUT2D eigenvalue weighted by Crippen LogP contribution is 2.33. The molecule has 1 aliphatic rings. The summed E-state index contributed by atoms with van der Waals surface area (Å²) in [5.41, 5.74) is 1.81. The van der Waals surface area contributed by atoms with Gasteiger partial charge in [0, 0.05) is 44.7 Å². The van der Waals surface area contributed by atoms with E-state index in [2.05, 4.69) is 16.7 Å². The number of furan rings is 1. The van der Waals surface area contributed by atoms with Gasteiger partial charge in [0.25, 0.3) is 5.56 Å². The first-order valence-corrected chi connectivity index (χ1v) is 12.7. The quantitative estimate of drug-likeness (QED) is 0.321. The number of anilines is 1. The van der Waals surface area contributed by atoms with Gasteiger partial charge >= 0.3 is 0 Å². The molecule has 1 atom stereocenters. The summed E-state index contributed by atoms with van der Waals surface area (Å²) >= 11 is 12.6. The van der Waals surface area contributed by atoms with Crippen LogP contribution in [0.5, 0.6) is 0 Å². The Hall–Kier alpha value is -2.80. The number of halogens is 2. The average molecular weight is 511 g/mol. The van der Waals surface area contributed by atoms with E-state index in [0.717, 1.165) is 61.7 Å². The Morgan fingerprint density at radius 1 is 0.943 bits per heavy atom. The second kappa shape index (κ2) is 10.4. The second-order valence-corrected chi connectivity index (χ2v) is 9.74. The SMILES string of the molecule is CC(c1ccco1)c1nn(CCCN2CCN(c3cccc(Cl)c3Cl)CC2)c(=O)c2ccccc12. The molecule has 1 unspecified atom stereocenters. The molecule has 2 aromatic heterocycles. The number of nitrogens with zero attached hydrogens (tertiary/aromatic N) is 4. The van der Waals surface area contributed by atoms with Crippen LogP contribution in [-0.2, 0) is 6.54 Å². The molecule has 0 aliphatic carbocycles. The van der Waals surface area contributed by atoms with Crippen molar-refractivity contribution < 1.29 is 4.42 Å². The number of aromatic nitrogens is 2. The minimum atomic E-state index is -0.0480. The minimum Gasteiger partial charge on any atom is -0.469 e. The number of fused-ring (bicyclic) bond motifs is 1.